The van der Waals surface area contributed by atoms with Gasteiger partial charge in [-0.05, 0) is 44.0 Å². The van der Waals surface area contributed by atoms with E-state index in [4.69, 9.17) is 68.3 Å². The average Bonchev–Trinajstić information content (AvgIpc) is 1.61. The van der Waals surface area contributed by atoms with E-state index < -0.39 is 111 Å². The molecule has 5 heterocycles. The van der Waals surface area contributed by atoms with Gasteiger partial charge in [-0.1, -0.05) is 133 Å². The number of aliphatic hydroxyl groups excluding tert-OH is 2. The predicted octanol–water partition coefficient (Wildman–Crippen LogP) is 4.35. The Morgan fingerprint density at radius 2 is 1.00 bits per heavy atom. The van der Waals surface area contributed by atoms with Gasteiger partial charge in [0.25, 0.3) is 24.3 Å². The van der Waals surface area contributed by atoms with Gasteiger partial charge >= 0.3 is 21.7 Å². The summed E-state index contributed by atoms with van der Waals surface area (Å²) in [5.74, 6) is -5.61. The highest BCUT2D eigenvalue weighted by Gasteiger charge is 2.60. The number of rotatable bonds is 24. The molecule has 91 heavy (non-hydrogen) atoms. The Morgan fingerprint density at radius 1 is 0.626 bits per heavy atom. The van der Waals surface area contributed by atoms with Gasteiger partial charge < -0.3 is 60.4 Å². The van der Waals surface area contributed by atoms with E-state index in [1.54, 1.807) is 55.2 Å². The molecule has 3 aliphatic heterocycles. The highest BCUT2D eigenvalue weighted by atomic mass is 32.2. The first kappa shape index (κ1) is 79.7. The van der Waals surface area contributed by atoms with Crippen LogP contribution >= 0.6 is 39.0 Å². The van der Waals surface area contributed by atoms with Crippen molar-refractivity contribution in [1.29, 1.82) is 0 Å². The maximum Gasteiger partial charge on any atom is 0.430 e. The van der Waals surface area contributed by atoms with Crippen molar-refractivity contribution in [3.8, 4) is 0 Å². The van der Waals surface area contributed by atoms with Gasteiger partial charge in [-0.15, -0.1) is 0 Å². The molecule has 0 radical (unpaired) electrons. The molecule has 10 unspecified atom stereocenters. The summed E-state index contributed by atoms with van der Waals surface area (Å²) in [5, 5.41) is 44.5. The number of aromatic nitrogens is 2. The first-order valence-corrected chi connectivity index (χ1v) is 32.7. The molecule has 7 rings (SSSR count). The van der Waals surface area contributed by atoms with Crippen LogP contribution in [0.15, 0.2) is 110 Å². The smallest absolute Gasteiger partial charge is 0.430 e. The molecule has 0 aliphatic carbocycles. The molecule has 2 aromatic carbocycles. The van der Waals surface area contributed by atoms with Crippen molar-refractivity contribution in [3.05, 3.63) is 132 Å². The standard InChI is InChI=1S/C28H38N3O8PS.C25H34N3O8PS.C2HF3O2.C2H4O2.CH4/c1-27(2,3)26(33)41-15-14-35-40(34,30-16-19-10-7-6-8-11-19)36-18-21-22-23(39-28(4,5)38-22)25(37-21)31-13-9-12-20(17-31)24(29)32;1-25(2,3)24(32)38-13-12-34-37(33,27-14-17-8-5-4-6-9-17)35-16-19-20(29)21(30)23(36-19)28-11-7-10-18(15-28)22(26)31;3-2(4,5)1(6)7;1-2(3)4;/h6-13,17,21-23,25H,14-16,18H2,1-5H3,(H2-,29,30,32,34);4-11,15,19-21,23,29-30H,12-14,16H2,1-3H3,(H2-,26,27,31,33);(H,6,7);1H3,(H,3,4);1H4. The summed E-state index contributed by atoms with van der Waals surface area (Å²) in [6.07, 6.45) is -6.07. The summed E-state index contributed by atoms with van der Waals surface area (Å²) >= 11 is 2.21. The number of amides is 2. The lowest BCUT2D eigenvalue weighted by Crippen LogP contribution is -2.46. The number of carboxylic acid groups (broad SMARTS) is 2. The zero-order valence-electron chi connectivity index (χ0n) is 50.8. The zero-order chi connectivity index (χ0) is 67.4. The number of nitrogens with zero attached hydrogens (tertiary/aromatic N) is 2. The first-order chi connectivity index (χ1) is 41.8. The third-order valence-corrected chi connectivity index (χ3v) is 17.9. The molecule has 0 spiro atoms. The number of alkyl halides is 3. The minimum absolute atomic E-state index is 0. The van der Waals surface area contributed by atoms with Crippen LogP contribution in [-0.2, 0) is 78.4 Å². The average molecular weight is 1370 g/mol. The number of nitrogens with one attached hydrogen (secondary N) is 2. The lowest BCUT2D eigenvalue weighted by molar-refractivity contribution is -0.766. The number of carbonyl (C=O) groups excluding carboxylic acids is 6. The van der Waals surface area contributed by atoms with Gasteiger partial charge in [0.05, 0.1) is 26.4 Å². The van der Waals surface area contributed by atoms with E-state index in [1.165, 1.54) is 16.8 Å². The number of halogens is 3. The van der Waals surface area contributed by atoms with Gasteiger partial charge in [-0.25, -0.2) is 19.3 Å². The summed E-state index contributed by atoms with van der Waals surface area (Å²) in [6.45, 7) is 15.5. The topological polar surface area (TPSA) is 381 Å². The lowest BCUT2D eigenvalue weighted by Gasteiger charge is -2.24. The van der Waals surface area contributed by atoms with Crippen LogP contribution in [0.2, 0.25) is 0 Å². The number of ether oxygens (including phenoxy) is 4. The van der Waals surface area contributed by atoms with Crippen molar-refractivity contribution in [2.45, 2.75) is 144 Å². The summed E-state index contributed by atoms with van der Waals surface area (Å²) in [7, 11) is -7.75. The minimum atomic E-state index is -5.19. The van der Waals surface area contributed by atoms with Gasteiger partial charge in [0.1, 0.15) is 41.5 Å². The second kappa shape index (κ2) is 35.6. The quantitative estimate of drug-likeness (QED) is 0.0322. The molecular formula is C58H81F3N6O20P2S2. The van der Waals surface area contributed by atoms with Crippen LogP contribution in [0.25, 0.3) is 0 Å². The van der Waals surface area contributed by atoms with Crippen molar-refractivity contribution in [1.82, 2.24) is 10.2 Å². The van der Waals surface area contributed by atoms with Gasteiger partial charge in [0.2, 0.25) is 0 Å². The minimum Gasteiger partial charge on any atom is -0.550 e. The number of hydrogen-bond acceptors (Lipinski definition) is 22. The molecule has 8 N–H and O–H groups in total. The number of carboxylic acids is 2. The molecule has 0 saturated carbocycles. The maximum absolute atomic E-state index is 13.8. The van der Waals surface area contributed by atoms with Crippen LogP contribution in [0.1, 0.15) is 114 Å². The molecule has 10 atom stereocenters. The number of hydrogen-bond donors (Lipinski definition) is 6. The Hall–Kier alpha value is -5.57. The molecule has 0 bridgehead atoms. The number of pyridine rings is 2. The van der Waals surface area contributed by atoms with E-state index in [0.29, 0.717) is 11.3 Å². The van der Waals surface area contributed by atoms with Gasteiger partial charge in [0.15, 0.2) is 53.0 Å². The molecule has 2 aromatic heterocycles. The van der Waals surface area contributed by atoms with E-state index in [-0.39, 0.29) is 68.5 Å². The number of primary amides is 2. The van der Waals surface area contributed by atoms with Crippen LogP contribution in [-0.4, -0.2) is 131 Å². The first-order valence-electron chi connectivity index (χ1n) is 27.6. The number of thioether (sulfide) groups is 2. The Morgan fingerprint density at radius 3 is 1.38 bits per heavy atom. The number of carbonyl (C=O) groups is 6. The second-order valence-electron chi connectivity index (χ2n) is 22.4. The number of aliphatic hydroxyl groups is 2. The van der Waals surface area contributed by atoms with Crippen LogP contribution in [0.4, 0.5) is 13.2 Å². The van der Waals surface area contributed by atoms with Crippen molar-refractivity contribution >= 4 is 73.0 Å². The van der Waals surface area contributed by atoms with Crippen LogP contribution < -0.4 is 41.0 Å². The van der Waals surface area contributed by atoms with Crippen LogP contribution in [0, 0.1) is 10.8 Å². The van der Waals surface area contributed by atoms with E-state index in [9.17, 15) is 51.7 Å². The molecule has 2 amide bonds. The van der Waals surface area contributed by atoms with Crippen LogP contribution in [0.5, 0.6) is 0 Å². The molecular weight excluding hydrogens is 1280 g/mol. The van der Waals surface area contributed by atoms with Crippen molar-refractivity contribution in [2.75, 3.05) is 37.9 Å². The SMILES string of the molecule is C.CC(=O)[O-].CC(C)(C)C(=O)SCCOP(=O)(NCc1ccccc1)OCC1OC([n+]2cccc(C(N)=O)c2)C(O)C1O.CC1(C)OC2C(COP(=O)(NCc3ccccc3)OCCSC(=O)C(C)(C)C)OC([n+]3cccc(C(N)=O)c3)C2O1.O=C([O-])C(F)(F)F. The Labute approximate surface area is 534 Å². The fraction of sp³-hybridized carbons (Fsp3) is 0.517. The Kier molecular flexibility index (Phi) is 31.2. The second-order valence-corrected chi connectivity index (χ2v) is 28.2. The van der Waals surface area contributed by atoms with Gasteiger partial charge in [-0.3, -0.25) is 37.3 Å². The van der Waals surface area contributed by atoms with Gasteiger partial charge in [-0.2, -0.15) is 22.3 Å². The summed E-state index contributed by atoms with van der Waals surface area (Å²) < 4.78 is 109. The van der Waals surface area contributed by atoms with Crippen LogP contribution in [0.3, 0.4) is 0 Å². The monoisotopic (exact) mass is 1360 g/mol. The normalized spacial score (nSPS) is 22.1. The van der Waals surface area contributed by atoms with Crippen molar-refractivity contribution in [2.24, 2.45) is 22.3 Å². The maximum atomic E-state index is 13.8. The fourth-order valence-electron chi connectivity index (χ4n) is 7.92. The lowest BCUT2D eigenvalue weighted by atomic mass is 9.99. The van der Waals surface area contributed by atoms with Crippen molar-refractivity contribution < 1.29 is 118 Å². The fourth-order valence-corrected chi connectivity index (χ4v) is 12.4. The molecule has 3 saturated heterocycles. The van der Waals surface area contributed by atoms with E-state index in [0.717, 1.165) is 41.6 Å². The van der Waals surface area contributed by atoms with E-state index >= 15 is 0 Å². The third kappa shape index (κ3) is 26.8. The summed E-state index contributed by atoms with van der Waals surface area (Å²) in [5.41, 5.74) is 12.0. The molecule has 26 nitrogen and oxygen atoms in total. The third-order valence-electron chi connectivity index (χ3n) is 12.3. The number of benzene rings is 2. The summed E-state index contributed by atoms with van der Waals surface area (Å²) in [4.78, 5) is 65.4. The molecule has 4 aromatic rings. The molecule has 3 fully saturated rings. The molecule has 33 heteroatoms. The predicted molar refractivity (Wildman–Crippen MR) is 322 cm³/mol. The van der Waals surface area contributed by atoms with E-state index in [1.807, 2.05) is 102 Å². The number of fused-ring (bicyclic) bond motifs is 1. The highest BCUT2D eigenvalue weighted by Crippen LogP contribution is 2.48. The Bertz CT molecular complexity index is 3130. The zero-order valence-corrected chi connectivity index (χ0v) is 54.2. The summed E-state index contributed by atoms with van der Waals surface area (Å²) in [6, 6.07) is 25.1. The Balaban J connectivity index is 0.000000405. The molecule has 3 aliphatic rings. The number of aliphatic carboxylic acids is 2. The number of nitrogens with two attached hydrogens (primary N) is 2. The van der Waals surface area contributed by atoms with Crippen molar-refractivity contribution in [3.63, 3.8) is 0 Å². The largest absolute Gasteiger partial charge is 0.550 e. The molecule has 506 valence electrons. The van der Waals surface area contributed by atoms with E-state index in [2.05, 4.69) is 10.2 Å². The highest BCUT2D eigenvalue weighted by molar-refractivity contribution is 8.14. The van der Waals surface area contributed by atoms with Gasteiger partial charge in [0, 0.05) is 53.5 Å².